The summed E-state index contributed by atoms with van der Waals surface area (Å²) in [7, 11) is 1.42. The number of esters is 1. The Morgan fingerprint density at radius 3 is 2.55 bits per heavy atom. The Labute approximate surface area is 139 Å². The van der Waals surface area contributed by atoms with Gasteiger partial charge < -0.3 is 15.0 Å². The summed E-state index contributed by atoms with van der Waals surface area (Å²) in [4.78, 5) is 18.2. The first-order chi connectivity index (χ1) is 9.08. The first kappa shape index (κ1) is 19.5. The maximum Gasteiger partial charge on any atom is 0.310 e. The van der Waals surface area contributed by atoms with Gasteiger partial charge in [0.05, 0.1) is 19.6 Å². The number of ether oxygens (including phenoxy) is 1. The lowest BCUT2D eigenvalue weighted by Gasteiger charge is -2.33. The zero-order valence-electron chi connectivity index (χ0n) is 13.0. The summed E-state index contributed by atoms with van der Waals surface area (Å²) in [6, 6.07) is 0. The maximum absolute atomic E-state index is 11.4. The number of hydrogen-bond donors (Lipinski definition) is 1. The molecule has 0 aromatic heterocycles. The second-order valence-electron chi connectivity index (χ2n) is 5.29. The van der Waals surface area contributed by atoms with Crippen LogP contribution in [0.3, 0.4) is 0 Å². The minimum atomic E-state index is -0.202. The van der Waals surface area contributed by atoms with Gasteiger partial charge in [-0.2, -0.15) is 0 Å². The van der Waals surface area contributed by atoms with Gasteiger partial charge in [0.25, 0.3) is 0 Å². The second-order valence-corrected chi connectivity index (χ2v) is 5.29. The molecule has 0 bridgehead atoms. The summed E-state index contributed by atoms with van der Waals surface area (Å²) in [5.41, 5.74) is 0. The van der Waals surface area contributed by atoms with E-state index in [1.54, 1.807) is 0 Å². The number of carbonyl (C=O) groups is 1. The summed E-state index contributed by atoms with van der Waals surface area (Å²) in [6.45, 7) is 9.60. The van der Waals surface area contributed by atoms with Gasteiger partial charge in [-0.05, 0) is 25.7 Å². The fourth-order valence-corrected chi connectivity index (χ4v) is 2.15. The van der Waals surface area contributed by atoms with Crippen LogP contribution < -0.4 is 5.32 Å². The standard InChI is InChI=1S/C14H27N3O2.HI/c1-5-15-14(16-10-12(3)13(18)19-4)17-8-6-11(2)7-9-17;/h11-12H,5-10H2,1-4H3,(H,15,16);1H. The van der Waals surface area contributed by atoms with Gasteiger partial charge in [0.2, 0.25) is 0 Å². The van der Waals surface area contributed by atoms with Crippen molar-refractivity contribution in [3.05, 3.63) is 0 Å². The summed E-state index contributed by atoms with van der Waals surface area (Å²) in [6.07, 6.45) is 2.41. The van der Waals surface area contributed by atoms with Gasteiger partial charge in [-0.1, -0.05) is 13.8 Å². The highest BCUT2D eigenvalue weighted by atomic mass is 127. The topological polar surface area (TPSA) is 53.9 Å². The molecule has 1 aliphatic heterocycles. The average molecular weight is 397 g/mol. The third kappa shape index (κ3) is 6.28. The number of rotatable bonds is 4. The van der Waals surface area contributed by atoms with E-state index in [0.717, 1.165) is 31.5 Å². The first-order valence-electron chi connectivity index (χ1n) is 7.19. The number of hydrogen-bond acceptors (Lipinski definition) is 3. The quantitative estimate of drug-likeness (QED) is 0.342. The van der Waals surface area contributed by atoms with Gasteiger partial charge in [-0.25, -0.2) is 0 Å². The van der Waals surface area contributed by atoms with Crippen molar-refractivity contribution >= 4 is 35.9 Å². The molecule has 20 heavy (non-hydrogen) atoms. The van der Waals surface area contributed by atoms with E-state index in [1.165, 1.54) is 20.0 Å². The van der Waals surface area contributed by atoms with Crippen LogP contribution in [-0.2, 0) is 9.53 Å². The van der Waals surface area contributed by atoms with E-state index in [9.17, 15) is 4.79 Å². The van der Waals surface area contributed by atoms with Gasteiger partial charge in [-0.3, -0.25) is 9.79 Å². The average Bonchev–Trinajstić information content (AvgIpc) is 2.43. The van der Waals surface area contributed by atoms with Crippen molar-refractivity contribution in [1.82, 2.24) is 10.2 Å². The number of aliphatic imine (C=N–C) groups is 1. The third-order valence-corrected chi connectivity index (χ3v) is 3.54. The number of halogens is 1. The Morgan fingerprint density at radius 2 is 2.05 bits per heavy atom. The molecular weight excluding hydrogens is 369 g/mol. The van der Waals surface area contributed by atoms with Crippen LogP contribution in [0.4, 0.5) is 0 Å². The summed E-state index contributed by atoms with van der Waals surface area (Å²) >= 11 is 0. The number of likely N-dealkylation sites (tertiary alicyclic amines) is 1. The SMILES string of the molecule is CCNC(=NCC(C)C(=O)OC)N1CCC(C)CC1.I. The van der Waals surface area contributed by atoms with Crippen LogP contribution in [0, 0.1) is 11.8 Å². The molecule has 1 atom stereocenters. The molecule has 0 aliphatic carbocycles. The number of carbonyl (C=O) groups excluding carboxylic acids is 1. The number of piperidine rings is 1. The van der Waals surface area contributed by atoms with E-state index in [1.807, 2.05) is 6.92 Å². The highest BCUT2D eigenvalue weighted by Crippen LogP contribution is 2.16. The normalized spacial score (nSPS) is 18.2. The van der Waals surface area contributed by atoms with Crippen molar-refractivity contribution in [2.24, 2.45) is 16.8 Å². The summed E-state index contributed by atoms with van der Waals surface area (Å²) < 4.78 is 4.72. The van der Waals surface area contributed by atoms with Crippen LogP contribution in [-0.4, -0.2) is 50.1 Å². The molecule has 0 radical (unpaired) electrons. The lowest BCUT2D eigenvalue weighted by Crippen LogP contribution is -2.45. The molecular formula is C14H28IN3O2. The van der Waals surface area contributed by atoms with E-state index < -0.39 is 0 Å². The molecule has 1 N–H and O–H groups in total. The molecule has 1 fully saturated rings. The Balaban J connectivity index is 0.00000361. The van der Waals surface area contributed by atoms with Crippen LogP contribution >= 0.6 is 24.0 Å². The van der Waals surface area contributed by atoms with E-state index in [4.69, 9.17) is 4.74 Å². The van der Waals surface area contributed by atoms with Crippen molar-refractivity contribution in [2.45, 2.75) is 33.6 Å². The number of nitrogens with zero attached hydrogens (tertiary/aromatic N) is 2. The Hall–Kier alpha value is -0.530. The zero-order valence-corrected chi connectivity index (χ0v) is 15.3. The second kappa shape index (κ2) is 10.2. The van der Waals surface area contributed by atoms with Crippen LogP contribution in [0.15, 0.2) is 4.99 Å². The fraction of sp³-hybridized carbons (Fsp3) is 0.857. The molecule has 0 aromatic rings. The van der Waals surface area contributed by atoms with E-state index in [0.29, 0.717) is 6.54 Å². The highest BCUT2D eigenvalue weighted by molar-refractivity contribution is 14.0. The lowest BCUT2D eigenvalue weighted by molar-refractivity contribution is -0.144. The zero-order chi connectivity index (χ0) is 14.3. The Kier molecular flexibility index (Phi) is 9.96. The van der Waals surface area contributed by atoms with E-state index in [2.05, 4.69) is 29.1 Å². The van der Waals surface area contributed by atoms with Gasteiger partial charge in [0.15, 0.2) is 5.96 Å². The Bertz CT molecular complexity index is 316. The van der Waals surface area contributed by atoms with E-state index in [-0.39, 0.29) is 35.9 Å². The molecule has 5 nitrogen and oxygen atoms in total. The molecule has 1 rings (SSSR count). The molecule has 0 amide bonds. The van der Waals surface area contributed by atoms with Crippen molar-refractivity contribution < 1.29 is 9.53 Å². The molecule has 0 saturated carbocycles. The molecule has 1 saturated heterocycles. The lowest BCUT2D eigenvalue weighted by atomic mass is 9.99. The monoisotopic (exact) mass is 397 g/mol. The largest absolute Gasteiger partial charge is 0.469 e. The minimum absolute atomic E-state index is 0. The highest BCUT2D eigenvalue weighted by Gasteiger charge is 2.19. The van der Waals surface area contributed by atoms with Crippen molar-refractivity contribution in [2.75, 3.05) is 33.3 Å². The summed E-state index contributed by atoms with van der Waals surface area (Å²) in [5.74, 6) is 1.33. The van der Waals surface area contributed by atoms with Gasteiger partial charge in [0.1, 0.15) is 0 Å². The van der Waals surface area contributed by atoms with Gasteiger partial charge in [0, 0.05) is 19.6 Å². The number of nitrogens with one attached hydrogen (secondary N) is 1. The molecule has 0 spiro atoms. The first-order valence-corrected chi connectivity index (χ1v) is 7.19. The molecule has 6 heteroatoms. The third-order valence-electron chi connectivity index (χ3n) is 3.54. The van der Waals surface area contributed by atoms with Gasteiger partial charge >= 0.3 is 5.97 Å². The predicted octanol–water partition coefficient (Wildman–Crippen LogP) is 2.11. The molecule has 1 aliphatic rings. The number of guanidine groups is 1. The number of methoxy groups -OCH3 is 1. The van der Waals surface area contributed by atoms with E-state index >= 15 is 0 Å². The van der Waals surface area contributed by atoms with Crippen LogP contribution in [0.5, 0.6) is 0 Å². The molecule has 0 aromatic carbocycles. The molecule has 1 unspecified atom stereocenters. The Morgan fingerprint density at radius 1 is 1.45 bits per heavy atom. The van der Waals surface area contributed by atoms with Crippen molar-refractivity contribution in [3.63, 3.8) is 0 Å². The van der Waals surface area contributed by atoms with Crippen LogP contribution in [0.25, 0.3) is 0 Å². The van der Waals surface area contributed by atoms with Gasteiger partial charge in [-0.15, -0.1) is 24.0 Å². The van der Waals surface area contributed by atoms with Crippen molar-refractivity contribution in [3.8, 4) is 0 Å². The van der Waals surface area contributed by atoms with Crippen molar-refractivity contribution in [1.29, 1.82) is 0 Å². The molecule has 1 heterocycles. The fourth-order valence-electron chi connectivity index (χ4n) is 2.15. The maximum atomic E-state index is 11.4. The summed E-state index contributed by atoms with van der Waals surface area (Å²) in [5, 5.41) is 3.30. The molecule has 118 valence electrons. The predicted molar refractivity (Wildman–Crippen MR) is 92.5 cm³/mol. The smallest absolute Gasteiger partial charge is 0.310 e. The minimum Gasteiger partial charge on any atom is -0.469 e. The van der Waals surface area contributed by atoms with Crippen LogP contribution in [0.2, 0.25) is 0 Å². The van der Waals surface area contributed by atoms with Crippen LogP contribution in [0.1, 0.15) is 33.6 Å².